The highest BCUT2D eigenvalue weighted by Gasteiger charge is 2.24. The quantitative estimate of drug-likeness (QED) is 0.809. The van der Waals surface area contributed by atoms with E-state index in [4.69, 9.17) is 4.74 Å². The monoisotopic (exact) mass is 387 g/mol. The number of aromatic nitrogens is 2. The van der Waals surface area contributed by atoms with E-state index in [2.05, 4.69) is 29.9 Å². The van der Waals surface area contributed by atoms with Crippen LogP contribution in [0.4, 0.5) is 4.79 Å². The standard InChI is InChI=1S/C22H33N3O3/c1-7-15(2)12-18(13-19-16(3)20(26)24-14-23-19)17-8-10-25(11-9-17)21(27)28-22(4,5)6/h8,13-15H,7,9-12H2,1-6H3,(H,23,24,26)/b18-13+. The van der Waals surface area contributed by atoms with Crippen LogP contribution in [-0.4, -0.2) is 39.7 Å². The Morgan fingerprint density at radius 1 is 1.43 bits per heavy atom. The van der Waals surface area contributed by atoms with Crippen molar-refractivity contribution in [2.24, 2.45) is 5.92 Å². The number of nitrogens with one attached hydrogen (secondary N) is 1. The Hall–Kier alpha value is -2.37. The van der Waals surface area contributed by atoms with Crippen molar-refractivity contribution in [2.75, 3.05) is 13.1 Å². The number of nitrogens with zero attached hydrogens (tertiary/aromatic N) is 2. The van der Waals surface area contributed by atoms with E-state index >= 15 is 0 Å². The number of ether oxygens (including phenoxy) is 1. The van der Waals surface area contributed by atoms with Crippen molar-refractivity contribution < 1.29 is 9.53 Å². The smallest absolute Gasteiger partial charge is 0.410 e. The van der Waals surface area contributed by atoms with Crippen LogP contribution in [0.15, 0.2) is 28.3 Å². The number of hydrogen-bond donors (Lipinski definition) is 1. The van der Waals surface area contributed by atoms with Gasteiger partial charge in [0, 0.05) is 18.7 Å². The molecule has 1 aromatic rings. The maximum Gasteiger partial charge on any atom is 0.410 e. The molecule has 0 fully saturated rings. The molecule has 1 aromatic heterocycles. The van der Waals surface area contributed by atoms with Crippen molar-refractivity contribution >= 4 is 12.2 Å². The van der Waals surface area contributed by atoms with Crippen LogP contribution in [0.1, 0.15) is 65.1 Å². The molecular formula is C22H33N3O3. The second-order valence-corrected chi connectivity index (χ2v) is 8.53. The molecule has 0 radical (unpaired) electrons. The van der Waals surface area contributed by atoms with Crippen molar-refractivity contribution in [1.82, 2.24) is 14.9 Å². The molecule has 1 amide bonds. The molecule has 0 spiro atoms. The molecule has 0 aliphatic carbocycles. The molecule has 1 atom stereocenters. The zero-order valence-electron chi connectivity index (χ0n) is 18.0. The van der Waals surface area contributed by atoms with Crippen molar-refractivity contribution in [3.63, 3.8) is 0 Å². The number of carbonyl (C=O) groups excluding carboxylic acids is 1. The molecular weight excluding hydrogens is 354 g/mol. The number of H-pyrrole nitrogens is 1. The molecule has 6 heteroatoms. The predicted octanol–water partition coefficient (Wildman–Crippen LogP) is 4.47. The molecule has 154 valence electrons. The van der Waals surface area contributed by atoms with E-state index in [-0.39, 0.29) is 11.7 Å². The third kappa shape index (κ3) is 6.08. The number of carbonyl (C=O) groups is 1. The Morgan fingerprint density at radius 3 is 2.71 bits per heavy atom. The first-order chi connectivity index (χ1) is 13.1. The fraction of sp³-hybridized carbons (Fsp3) is 0.591. The summed E-state index contributed by atoms with van der Waals surface area (Å²) in [6.45, 7) is 13.0. The summed E-state index contributed by atoms with van der Waals surface area (Å²) in [6.07, 6.45) is 8.07. The molecule has 1 N–H and O–H groups in total. The average Bonchev–Trinajstić information content (AvgIpc) is 2.63. The van der Waals surface area contributed by atoms with Crippen molar-refractivity contribution in [2.45, 2.75) is 66.4 Å². The van der Waals surface area contributed by atoms with Gasteiger partial charge in [-0.15, -0.1) is 0 Å². The molecule has 2 heterocycles. The Morgan fingerprint density at radius 2 is 2.14 bits per heavy atom. The fourth-order valence-electron chi connectivity index (χ4n) is 3.05. The Labute approximate surface area is 167 Å². The van der Waals surface area contributed by atoms with Crippen molar-refractivity contribution in [3.05, 3.63) is 45.2 Å². The number of allylic oxidation sites excluding steroid dienone is 1. The largest absolute Gasteiger partial charge is 0.444 e. The normalized spacial score (nSPS) is 16.6. The lowest BCUT2D eigenvalue weighted by atomic mass is 9.89. The molecule has 1 aliphatic rings. The van der Waals surface area contributed by atoms with Gasteiger partial charge in [-0.1, -0.05) is 26.3 Å². The summed E-state index contributed by atoms with van der Waals surface area (Å²) < 4.78 is 5.47. The lowest BCUT2D eigenvalue weighted by molar-refractivity contribution is 0.0266. The van der Waals surface area contributed by atoms with E-state index in [1.807, 2.05) is 26.8 Å². The second kappa shape index (κ2) is 9.22. The summed E-state index contributed by atoms with van der Waals surface area (Å²) in [5, 5.41) is 0. The Bertz CT molecular complexity index is 815. The maximum absolute atomic E-state index is 12.3. The van der Waals surface area contributed by atoms with Gasteiger partial charge in [0.2, 0.25) is 0 Å². The molecule has 28 heavy (non-hydrogen) atoms. The predicted molar refractivity (Wildman–Crippen MR) is 112 cm³/mol. The Kier molecular flexibility index (Phi) is 7.22. The fourth-order valence-corrected chi connectivity index (χ4v) is 3.05. The molecule has 1 aliphatic heterocycles. The number of amides is 1. The first kappa shape index (κ1) is 21.9. The van der Waals surface area contributed by atoms with Crippen LogP contribution in [0.3, 0.4) is 0 Å². The van der Waals surface area contributed by atoms with Gasteiger partial charge in [0.25, 0.3) is 5.56 Å². The van der Waals surface area contributed by atoms with Gasteiger partial charge in [-0.3, -0.25) is 4.79 Å². The molecule has 0 saturated carbocycles. The van der Waals surface area contributed by atoms with Gasteiger partial charge in [0.1, 0.15) is 5.60 Å². The lowest BCUT2D eigenvalue weighted by Gasteiger charge is -2.30. The molecule has 2 rings (SSSR count). The zero-order chi connectivity index (χ0) is 20.9. The molecule has 0 saturated heterocycles. The number of aromatic amines is 1. The van der Waals surface area contributed by atoms with Crippen LogP contribution in [-0.2, 0) is 4.74 Å². The SMILES string of the molecule is CCC(C)C/C(=C\c1nc[nH]c(=O)c1C)C1=CCN(C(=O)OC(C)(C)C)CC1. The molecule has 0 aromatic carbocycles. The van der Waals surface area contributed by atoms with Gasteiger partial charge < -0.3 is 14.6 Å². The first-order valence-electron chi connectivity index (χ1n) is 10.0. The van der Waals surface area contributed by atoms with Gasteiger partial charge in [0.15, 0.2) is 0 Å². The van der Waals surface area contributed by atoms with E-state index in [0.717, 1.165) is 19.3 Å². The van der Waals surface area contributed by atoms with Crippen LogP contribution in [0, 0.1) is 12.8 Å². The summed E-state index contributed by atoms with van der Waals surface area (Å²) in [5.41, 5.74) is 3.14. The summed E-state index contributed by atoms with van der Waals surface area (Å²) in [6, 6.07) is 0. The molecule has 1 unspecified atom stereocenters. The van der Waals surface area contributed by atoms with E-state index < -0.39 is 5.60 Å². The van der Waals surface area contributed by atoms with Gasteiger partial charge >= 0.3 is 6.09 Å². The van der Waals surface area contributed by atoms with Crippen LogP contribution in [0.5, 0.6) is 0 Å². The minimum atomic E-state index is -0.494. The molecule has 0 bridgehead atoms. The minimum Gasteiger partial charge on any atom is -0.444 e. The van der Waals surface area contributed by atoms with E-state index in [0.29, 0.717) is 30.3 Å². The highest BCUT2D eigenvalue weighted by Crippen LogP contribution is 2.28. The zero-order valence-corrected chi connectivity index (χ0v) is 18.0. The summed E-state index contributed by atoms with van der Waals surface area (Å²) in [7, 11) is 0. The second-order valence-electron chi connectivity index (χ2n) is 8.53. The van der Waals surface area contributed by atoms with Crippen LogP contribution in [0.2, 0.25) is 0 Å². The highest BCUT2D eigenvalue weighted by atomic mass is 16.6. The molecule has 6 nitrogen and oxygen atoms in total. The minimum absolute atomic E-state index is 0.113. The number of rotatable bonds is 5. The Balaban J connectivity index is 2.25. The summed E-state index contributed by atoms with van der Waals surface area (Å²) >= 11 is 0. The van der Waals surface area contributed by atoms with E-state index in [1.165, 1.54) is 17.5 Å². The van der Waals surface area contributed by atoms with Crippen LogP contribution in [0.25, 0.3) is 6.08 Å². The third-order valence-corrected chi connectivity index (χ3v) is 4.97. The van der Waals surface area contributed by atoms with Crippen LogP contribution < -0.4 is 5.56 Å². The van der Waals surface area contributed by atoms with Gasteiger partial charge in [-0.05, 0) is 63.7 Å². The highest BCUT2D eigenvalue weighted by molar-refractivity contribution is 5.69. The van der Waals surface area contributed by atoms with Crippen molar-refractivity contribution in [1.29, 1.82) is 0 Å². The van der Waals surface area contributed by atoms with Crippen molar-refractivity contribution in [3.8, 4) is 0 Å². The van der Waals surface area contributed by atoms with Crippen LogP contribution >= 0.6 is 0 Å². The lowest BCUT2D eigenvalue weighted by Crippen LogP contribution is -2.39. The maximum atomic E-state index is 12.3. The number of hydrogen-bond acceptors (Lipinski definition) is 4. The summed E-state index contributed by atoms with van der Waals surface area (Å²) in [4.78, 5) is 32.9. The van der Waals surface area contributed by atoms with Gasteiger partial charge in [0.05, 0.1) is 12.0 Å². The third-order valence-electron chi connectivity index (χ3n) is 4.97. The van der Waals surface area contributed by atoms with E-state index in [1.54, 1.807) is 11.8 Å². The van der Waals surface area contributed by atoms with E-state index in [9.17, 15) is 9.59 Å². The first-order valence-corrected chi connectivity index (χ1v) is 10.0. The van der Waals surface area contributed by atoms with Gasteiger partial charge in [-0.2, -0.15) is 0 Å². The topological polar surface area (TPSA) is 75.3 Å². The average molecular weight is 388 g/mol. The summed E-state index contributed by atoms with van der Waals surface area (Å²) in [5.74, 6) is 0.526. The van der Waals surface area contributed by atoms with Gasteiger partial charge in [-0.25, -0.2) is 9.78 Å².